The lowest BCUT2D eigenvalue weighted by Gasteiger charge is -2.10. The second kappa shape index (κ2) is 6.02. The molecule has 0 aromatic heterocycles. The van der Waals surface area contributed by atoms with E-state index in [0.717, 1.165) is 12.8 Å². The predicted molar refractivity (Wildman–Crippen MR) is 70.3 cm³/mol. The molecule has 0 unspecified atom stereocenters. The van der Waals surface area contributed by atoms with Gasteiger partial charge in [0.1, 0.15) is 11.6 Å². The Morgan fingerprint density at radius 2 is 2.32 bits per heavy atom. The number of hydrogen-bond donors (Lipinski definition) is 2. The average molecular weight is 266 g/mol. The van der Waals surface area contributed by atoms with Crippen molar-refractivity contribution >= 4 is 5.91 Å². The first-order chi connectivity index (χ1) is 9.06. The fraction of sp³-hybridized carbons (Fsp3) is 0.500. The van der Waals surface area contributed by atoms with Crippen LogP contribution < -0.4 is 15.8 Å². The van der Waals surface area contributed by atoms with E-state index in [1.54, 1.807) is 19.1 Å². The van der Waals surface area contributed by atoms with Gasteiger partial charge in [0.25, 0.3) is 0 Å². The fourth-order valence-corrected chi connectivity index (χ4v) is 1.76. The summed E-state index contributed by atoms with van der Waals surface area (Å²) in [5.41, 5.74) is 6.08. The first kappa shape index (κ1) is 13.8. The minimum atomic E-state index is -0.380. The highest BCUT2D eigenvalue weighted by Crippen LogP contribution is 2.21. The molecule has 5 heteroatoms. The number of nitrogens with one attached hydrogen (secondary N) is 1. The summed E-state index contributed by atoms with van der Waals surface area (Å²) >= 11 is 0. The summed E-state index contributed by atoms with van der Waals surface area (Å²) in [5.74, 6) is 0.0197. The zero-order valence-corrected chi connectivity index (χ0v) is 11.0. The van der Waals surface area contributed by atoms with Gasteiger partial charge in [0.15, 0.2) is 0 Å². The monoisotopic (exact) mass is 266 g/mol. The van der Waals surface area contributed by atoms with Crippen LogP contribution in [-0.2, 0) is 4.79 Å². The molecule has 0 spiro atoms. The first-order valence-corrected chi connectivity index (χ1v) is 6.53. The van der Waals surface area contributed by atoms with E-state index in [4.69, 9.17) is 10.5 Å². The van der Waals surface area contributed by atoms with Crippen LogP contribution in [0.3, 0.4) is 0 Å². The van der Waals surface area contributed by atoms with E-state index in [1.807, 2.05) is 0 Å². The number of halogens is 1. The third-order valence-electron chi connectivity index (χ3n) is 3.00. The van der Waals surface area contributed by atoms with E-state index in [2.05, 4.69) is 5.32 Å². The van der Waals surface area contributed by atoms with Crippen LogP contribution in [0.25, 0.3) is 0 Å². The lowest BCUT2D eigenvalue weighted by molar-refractivity contribution is -0.121. The van der Waals surface area contributed by atoms with Gasteiger partial charge in [0.05, 0.1) is 13.0 Å². The van der Waals surface area contributed by atoms with E-state index in [9.17, 15) is 9.18 Å². The third-order valence-corrected chi connectivity index (χ3v) is 3.00. The van der Waals surface area contributed by atoms with Crippen molar-refractivity contribution in [1.29, 1.82) is 0 Å². The van der Waals surface area contributed by atoms with Crippen LogP contribution in [0.5, 0.6) is 5.75 Å². The Labute approximate surface area is 112 Å². The number of rotatable bonds is 6. The summed E-state index contributed by atoms with van der Waals surface area (Å²) in [4.78, 5) is 11.4. The smallest absolute Gasteiger partial charge is 0.223 e. The standard InChI is InChI=1S/C14H19FN2O2/c1-9(16)12-5-4-11(8-13(12)15)19-7-6-14(18)17-10-2-3-10/h4-5,8-10H,2-3,6-7,16H2,1H3,(H,17,18)/t9-/m0/s1. The molecule has 1 amide bonds. The van der Waals surface area contributed by atoms with Gasteiger partial charge in [-0.3, -0.25) is 4.79 Å². The molecule has 1 aromatic carbocycles. The van der Waals surface area contributed by atoms with Crippen molar-refractivity contribution in [2.45, 2.75) is 38.3 Å². The van der Waals surface area contributed by atoms with Crippen LogP contribution in [-0.4, -0.2) is 18.6 Å². The molecule has 104 valence electrons. The van der Waals surface area contributed by atoms with Gasteiger partial charge in [-0.25, -0.2) is 4.39 Å². The minimum absolute atomic E-state index is 0.0184. The highest BCUT2D eigenvalue weighted by molar-refractivity contribution is 5.76. The van der Waals surface area contributed by atoms with Gasteiger partial charge in [-0.1, -0.05) is 6.07 Å². The van der Waals surface area contributed by atoms with Crippen LogP contribution in [0.15, 0.2) is 18.2 Å². The summed E-state index contributed by atoms with van der Waals surface area (Å²) in [6.45, 7) is 1.97. The number of nitrogens with two attached hydrogens (primary N) is 1. The Kier molecular flexibility index (Phi) is 4.37. The van der Waals surface area contributed by atoms with Gasteiger partial charge < -0.3 is 15.8 Å². The molecule has 2 rings (SSSR count). The van der Waals surface area contributed by atoms with Crippen molar-refractivity contribution in [3.05, 3.63) is 29.6 Å². The van der Waals surface area contributed by atoms with Crippen LogP contribution in [0, 0.1) is 5.82 Å². The van der Waals surface area contributed by atoms with Crippen molar-refractivity contribution in [3.63, 3.8) is 0 Å². The van der Waals surface area contributed by atoms with E-state index < -0.39 is 0 Å². The molecule has 1 fully saturated rings. The van der Waals surface area contributed by atoms with Crippen molar-refractivity contribution in [2.75, 3.05) is 6.61 Å². The van der Waals surface area contributed by atoms with E-state index in [1.165, 1.54) is 6.07 Å². The highest BCUT2D eigenvalue weighted by Gasteiger charge is 2.22. The molecule has 0 heterocycles. The zero-order chi connectivity index (χ0) is 13.8. The Bertz CT molecular complexity index is 459. The lowest BCUT2D eigenvalue weighted by Crippen LogP contribution is -2.26. The number of carbonyl (C=O) groups is 1. The largest absolute Gasteiger partial charge is 0.493 e. The normalized spacial score (nSPS) is 15.9. The Hall–Kier alpha value is -1.62. The molecule has 0 bridgehead atoms. The molecule has 19 heavy (non-hydrogen) atoms. The van der Waals surface area contributed by atoms with E-state index >= 15 is 0 Å². The molecule has 0 radical (unpaired) electrons. The number of ether oxygens (including phenoxy) is 1. The van der Waals surface area contributed by atoms with E-state index in [-0.39, 0.29) is 30.8 Å². The molecule has 0 aliphatic heterocycles. The molecule has 1 aromatic rings. The van der Waals surface area contributed by atoms with Crippen molar-refractivity contribution in [1.82, 2.24) is 5.32 Å². The Balaban J connectivity index is 1.79. The number of hydrogen-bond acceptors (Lipinski definition) is 3. The molecule has 1 atom stereocenters. The van der Waals surface area contributed by atoms with Gasteiger partial charge in [0, 0.05) is 23.7 Å². The van der Waals surface area contributed by atoms with Gasteiger partial charge in [-0.15, -0.1) is 0 Å². The van der Waals surface area contributed by atoms with Crippen LogP contribution in [0.2, 0.25) is 0 Å². The van der Waals surface area contributed by atoms with Crippen LogP contribution in [0.1, 0.15) is 37.8 Å². The second-order valence-corrected chi connectivity index (χ2v) is 4.91. The summed E-state index contributed by atoms with van der Waals surface area (Å²) in [6, 6.07) is 4.59. The maximum absolute atomic E-state index is 13.6. The summed E-state index contributed by atoms with van der Waals surface area (Å²) in [7, 11) is 0. The molecule has 1 aliphatic rings. The van der Waals surface area contributed by atoms with Gasteiger partial charge in [-0.05, 0) is 25.8 Å². The molecule has 0 saturated heterocycles. The predicted octanol–water partition coefficient (Wildman–Crippen LogP) is 1.89. The lowest BCUT2D eigenvalue weighted by atomic mass is 10.1. The molecular formula is C14H19FN2O2. The maximum atomic E-state index is 13.6. The van der Waals surface area contributed by atoms with Crippen molar-refractivity contribution in [3.8, 4) is 5.75 Å². The zero-order valence-electron chi connectivity index (χ0n) is 11.0. The van der Waals surface area contributed by atoms with Gasteiger partial charge >= 0.3 is 0 Å². The van der Waals surface area contributed by atoms with Gasteiger partial charge in [-0.2, -0.15) is 0 Å². The fourth-order valence-electron chi connectivity index (χ4n) is 1.76. The molecule has 1 aliphatic carbocycles. The van der Waals surface area contributed by atoms with Crippen molar-refractivity contribution in [2.24, 2.45) is 5.73 Å². The molecule has 1 saturated carbocycles. The topological polar surface area (TPSA) is 64.3 Å². The Morgan fingerprint density at radius 3 is 2.89 bits per heavy atom. The van der Waals surface area contributed by atoms with Crippen LogP contribution >= 0.6 is 0 Å². The quantitative estimate of drug-likeness (QED) is 0.826. The summed E-state index contributed by atoms with van der Waals surface area (Å²) < 4.78 is 19.0. The third kappa shape index (κ3) is 4.21. The molecule has 3 N–H and O–H groups in total. The summed E-state index contributed by atoms with van der Waals surface area (Å²) in [5, 5.41) is 2.87. The Morgan fingerprint density at radius 1 is 1.58 bits per heavy atom. The van der Waals surface area contributed by atoms with Gasteiger partial charge in [0.2, 0.25) is 5.91 Å². The number of carbonyl (C=O) groups excluding carboxylic acids is 1. The summed E-state index contributed by atoms with van der Waals surface area (Å²) in [6.07, 6.45) is 2.42. The van der Waals surface area contributed by atoms with Crippen LogP contribution in [0.4, 0.5) is 4.39 Å². The van der Waals surface area contributed by atoms with Crippen molar-refractivity contribution < 1.29 is 13.9 Å². The molecular weight excluding hydrogens is 247 g/mol. The SMILES string of the molecule is C[C@H](N)c1ccc(OCCC(=O)NC2CC2)cc1F. The second-order valence-electron chi connectivity index (χ2n) is 4.91. The molecule has 4 nitrogen and oxygen atoms in total. The van der Waals surface area contributed by atoms with E-state index in [0.29, 0.717) is 17.4 Å². The maximum Gasteiger partial charge on any atom is 0.223 e. The number of benzene rings is 1. The average Bonchev–Trinajstić information content (AvgIpc) is 3.12. The highest BCUT2D eigenvalue weighted by atomic mass is 19.1. The first-order valence-electron chi connectivity index (χ1n) is 6.53. The number of amides is 1. The minimum Gasteiger partial charge on any atom is -0.493 e.